The summed E-state index contributed by atoms with van der Waals surface area (Å²) >= 11 is 1.77. The summed E-state index contributed by atoms with van der Waals surface area (Å²) in [6.07, 6.45) is 2.14. The number of hydrogen-bond donors (Lipinski definition) is 1. The number of fused-ring (bicyclic) bond motifs is 3. The lowest BCUT2D eigenvalue weighted by Crippen LogP contribution is -2.09. The fourth-order valence-corrected chi connectivity index (χ4v) is 4.43. The highest BCUT2D eigenvalue weighted by molar-refractivity contribution is 7.12. The van der Waals surface area contributed by atoms with Gasteiger partial charge in [0.05, 0.1) is 11.1 Å². The van der Waals surface area contributed by atoms with Crippen LogP contribution in [-0.4, -0.2) is 34.7 Å². The maximum atomic E-state index is 11.4. The van der Waals surface area contributed by atoms with E-state index < -0.39 is 0 Å². The largest absolute Gasteiger partial charge is 0.484 e. The second-order valence-corrected chi connectivity index (χ2v) is 8.41. The van der Waals surface area contributed by atoms with Gasteiger partial charge in [-0.1, -0.05) is 12.1 Å². The molecule has 4 rings (SSSR count). The molecule has 1 aliphatic rings. The molecule has 3 heterocycles. The summed E-state index contributed by atoms with van der Waals surface area (Å²) in [7, 11) is 4.13. The van der Waals surface area contributed by atoms with Crippen molar-refractivity contribution in [3.8, 4) is 17.0 Å². The van der Waals surface area contributed by atoms with Gasteiger partial charge < -0.3 is 15.0 Å². The SMILES string of the molecule is CC(=O)Cc1cccc(Nc2ncc3c(n2)-c2cc(CN(C)C)sc2CO3)c1. The van der Waals surface area contributed by atoms with Crippen molar-refractivity contribution in [2.45, 2.75) is 26.5 Å². The Morgan fingerprint density at radius 2 is 2.18 bits per heavy atom. The number of ether oxygens (including phenoxy) is 1. The molecule has 0 spiro atoms. The molecule has 0 bridgehead atoms. The van der Waals surface area contributed by atoms with Crippen LogP contribution in [0.5, 0.6) is 5.75 Å². The van der Waals surface area contributed by atoms with Crippen LogP contribution in [-0.2, 0) is 24.4 Å². The molecule has 2 aromatic heterocycles. The summed E-state index contributed by atoms with van der Waals surface area (Å²) in [6, 6.07) is 9.95. The zero-order chi connectivity index (χ0) is 19.7. The average molecular weight is 395 g/mol. The first-order chi connectivity index (χ1) is 13.5. The fraction of sp³-hybridized carbons (Fsp3) is 0.286. The summed E-state index contributed by atoms with van der Waals surface area (Å²) < 4.78 is 5.84. The first-order valence-corrected chi connectivity index (χ1v) is 9.91. The Morgan fingerprint density at radius 3 is 2.96 bits per heavy atom. The van der Waals surface area contributed by atoms with Crippen LogP contribution in [0.25, 0.3) is 11.3 Å². The van der Waals surface area contributed by atoms with Gasteiger partial charge in [0.15, 0.2) is 5.75 Å². The zero-order valence-electron chi connectivity index (χ0n) is 16.2. The summed E-state index contributed by atoms with van der Waals surface area (Å²) in [4.78, 5) is 25.1. The summed E-state index contributed by atoms with van der Waals surface area (Å²) in [6.45, 7) is 3.05. The van der Waals surface area contributed by atoms with Crippen molar-refractivity contribution in [1.29, 1.82) is 0 Å². The number of anilines is 2. The number of hydrogen-bond acceptors (Lipinski definition) is 7. The number of carbonyl (C=O) groups excluding carboxylic acids is 1. The van der Waals surface area contributed by atoms with Crippen LogP contribution in [0.3, 0.4) is 0 Å². The van der Waals surface area contributed by atoms with Gasteiger partial charge in [-0.2, -0.15) is 0 Å². The van der Waals surface area contributed by atoms with Crippen LogP contribution in [0.1, 0.15) is 22.2 Å². The highest BCUT2D eigenvalue weighted by Crippen LogP contribution is 2.40. The van der Waals surface area contributed by atoms with Gasteiger partial charge in [0, 0.05) is 29.1 Å². The van der Waals surface area contributed by atoms with Gasteiger partial charge in [-0.3, -0.25) is 4.79 Å². The Labute approximate surface area is 168 Å². The minimum absolute atomic E-state index is 0.137. The lowest BCUT2D eigenvalue weighted by Gasteiger charge is -2.17. The van der Waals surface area contributed by atoms with Crippen molar-refractivity contribution < 1.29 is 9.53 Å². The van der Waals surface area contributed by atoms with Crippen LogP contribution in [0, 0.1) is 0 Å². The van der Waals surface area contributed by atoms with Gasteiger partial charge in [-0.15, -0.1) is 11.3 Å². The molecule has 0 aliphatic carbocycles. The summed E-state index contributed by atoms with van der Waals surface area (Å²) in [5.41, 5.74) is 3.76. The standard InChI is InChI=1S/C21H22N4O2S/c1-13(26)7-14-5-4-6-15(8-14)23-21-22-10-18-20(24-21)17-9-16(11-25(2)3)28-19(17)12-27-18/h4-6,8-10H,7,11-12H2,1-3H3,(H,22,23,24). The average Bonchev–Trinajstić information content (AvgIpc) is 3.03. The number of Topliss-reactive ketones (excluding diaryl/α,β-unsaturated/α-hetero) is 1. The molecule has 0 atom stereocenters. The second-order valence-electron chi connectivity index (χ2n) is 7.19. The monoisotopic (exact) mass is 394 g/mol. The van der Waals surface area contributed by atoms with Crippen LogP contribution >= 0.6 is 11.3 Å². The van der Waals surface area contributed by atoms with E-state index in [0.717, 1.165) is 29.1 Å². The fourth-order valence-electron chi connectivity index (χ4n) is 3.23. The van der Waals surface area contributed by atoms with Crippen molar-refractivity contribution in [1.82, 2.24) is 14.9 Å². The Morgan fingerprint density at radius 1 is 1.32 bits per heavy atom. The van der Waals surface area contributed by atoms with Gasteiger partial charge in [0.1, 0.15) is 18.1 Å². The lowest BCUT2D eigenvalue weighted by molar-refractivity contribution is -0.116. The third-order valence-electron chi connectivity index (χ3n) is 4.34. The maximum Gasteiger partial charge on any atom is 0.227 e. The van der Waals surface area contributed by atoms with Crippen LogP contribution in [0.2, 0.25) is 0 Å². The van der Waals surface area contributed by atoms with E-state index in [9.17, 15) is 4.79 Å². The number of benzene rings is 1. The quantitative estimate of drug-likeness (QED) is 0.681. The zero-order valence-corrected chi connectivity index (χ0v) is 17.0. The van der Waals surface area contributed by atoms with Crippen molar-refractivity contribution in [2.24, 2.45) is 0 Å². The van der Waals surface area contributed by atoms with Crippen molar-refractivity contribution in [3.63, 3.8) is 0 Å². The van der Waals surface area contributed by atoms with E-state index in [4.69, 9.17) is 9.72 Å². The molecule has 0 radical (unpaired) electrons. The normalized spacial score (nSPS) is 12.3. The highest BCUT2D eigenvalue weighted by Gasteiger charge is 2.23. The number of carbonyl (C=O) groups is 1. The molecule has 1 aromatic carbocycles. The Hall–Kier alpha value is -2.77. The van der Waals surface area contributed by atoms with Gasteiger partial charge in [-0.25, -0.2) is 9.97 Å². The predicted octanol–water partition coefficient (Wildman–Crippen LogP) is 4.03. The van der Waals surface area contributed by atoms with E-state index in [0.29, 0.717) is 24.7 Å². The van der Waals surface area contributed by atoms with Crippen molar-refractivity contribution in [2.75, 3.05) is 19.4 Å². The number of thiophene rings is 1. The molecule has 0 amide bonds. The molecular formula is C21H22N4O2S. The molecule has 28 heavy (non-hydrogen) atoms. The van der Waals surface area contributed by atoms with Crippen LogP contribution < -0.4 is 10.1 Å². The summed E-state index contributed by atoms with van der Waals surface area (Å²) in [5.74, 6) is 1.35. The van der Waals surface area contributed by atoms with Crippen LogP contribution in [0.4, 0.5) is 11.6 Å². The number of ketones is 1. The second kappa shape index (κ2) is 7.69. The minimum atomic E-state index is 0.137. The molecule has 1 N–H and O–H groups in total. The molecule has 1 aliphatic heterocycles. The van der Waals surface area contributed by atoms with E-state index in [1.165, 1.54) is 9.75 Å². The van der Waals surface area contributed by atoms with Gasteiger partial charge in [0.25, 0.3) is 0 Å². The highest BCUT2D eigenvalue weighted by atomic mass is 32.1. The molecule has 0 saturated heterocycles. The first-order valence-electron chi connectivity index (χ1n) is 9.10. The Balaban J connectivity index is 1.61. The Kier molecular flexibility index (Phi) is 5.11. The Bertz CT molecular complexity index is 1030. The number of aromatic nitrogens is 2. The smallest absolute Gasteiger partial charge is 0.227 e. The van der Waals surface area contributed by atoms with E-state index in [-0.39, 0.29) is 5.78 Å². The van der Waals surface area contributed by atoms with E-state index in [2.05, 4.69) is 35.4 Å². The van der Waals surface area contributed by atoms with Crippen LogP contribution in [0.15, 0.2) is 36.5 Å². The van der Waals surface area contributed by atoms with Crippen molar-refractivity contribution >= 4 is 28.8 Å². The van der Waals surface area contributed by atoms with E-state index in [1.54, 1.807) is 24.5 Å². The maximum absolute atomic E-state index is 11.4. The van der Waals surface area contributed by atoms with Gasteiger partial charge >= 0.3 is 0 Å². The minimum Gasteiger partial charge on any atom is -0.484 e. The molecule has 3 aromatic rings. The van der Waals surface area contributed by atoms with Crippen molar-refractivity contribution in [3.05, 3.63) is 51.8 Å². The van der Waals surface area contributed by atoms with E-state index >= 15 is 0 Å². The number of nitrogens with zero attached hydrogens (tertiary/aromatic N) is 3. The molecule has 144 valence electrons. The molecular weight excluding hydrogens is 372 g/mol. The predicted molar refractivity (Wildman–Crippen MR) is 111 cm³/mol. The number of rotatable bonds is 6. The third kappa shape index (κ3) is 4.05. The van der Waals surface area contributed by atoms with Gasteiger partial charge in [-0.05, 0) is 44.8 Å². The molecule has 7 heteroatoms. The first kappa shape index (κ1) is 18.6. The molecule has 0 saturated carbocycles. The lowest BCUT2D eigenvalue weighted by atomic mass is 10.1. The van der Waals surface area contributed by atoms with Gasteiger partial charge in [0.2, 0.25) is 5.95 Å². The summed E-state index contributed by atoms with van der Waals surface area (Å²) in [5, 5.41) is 3.24. The van der Waals surface area contributed by atoms with E-state index in [1.807, 2.05) is 24.3 Å². The molecule has 6 nitrogen and oxygen atoms in total. The molecule has 0 fully saturated rings. The third-order valence-corrected chi connectivity index (χ3v) is 5.43. The number of nitrogens with one attached hydrogen (secondary N) is 1. The topological polar surface area (TPSA) is 67.4 Å². The molecule has 0 unspecified atom stereocenters.